The number of aryl methyl sites for hydroxylation is 1. The SMILES string of the molecule is CCOC(=O)c1ccc([Se]c2cccc(C)c2)cc1. The van der Waals surface area contributed by atoms with Crippen LogP contribution in [0.4, 0.5) is 0 Å². The molecule has 2 aromatic rings. The molecule has 0 bridgehead atoms. The molecule has 98 valence electrons. The molecule has 19 heavy (non-hydrogen) atoms. The molecule has 3 heteroatoms. The Morgan fingerprint density at radius 3 is 2.47 bits per heavy atom. The Balaban J connectivity index is 2.08. The normalized spacial score (nSPS) is 10.2. The molecule has 0 N–H and O–H groups in total. The van der Waals surface area contributed by atoms with Crippen LogP contribution in [0.2, 0.25) is 0 Å². The Hall–Kier alpha value is -1.57. The molecule has 2 rings (SSSR count). The summed E-state index contributed by atoms with van der Waals surface area (Å²) < 4.78 is 7.57. The minimum atomic E-state index is -0.253. The molecule has 0 unspecified atom stereocenters. The van der Waals surface area contributed by atoms with Gasteiger partial charge < -0.3 is 0 Å². The summed E-state index contributed by atoms with van der Waals surface area (Å²) in [5, 5.41) is 0. The second-order valence-electron chi connectivity index (χ2n) is 4.16. The van der Waals surface area contributed by atoms with Crippen LogP contribution in [0.3, 0.4) is 0 Å². The third kappa shape index (κ3) is 3.95. The molecule has 0 atom stereocenters. The molecular formula is C16H16O2Se. The molecule has 0 aliphatic carbocycles. The number of rotatable bonds is 4. The van der Waals surface area contributed by atoms with Crippen LogP contribution < -0.4 is 8.92 Å². The third-order valence-corrected chi connectivity index (χ3v) is 4.68. The first-order chi connectivity index (χ1) is 9.19. The van der Waals surface area contributed by atoms with E-state index in [9.17, 15) is 4.79 Å². The topological polar surface area (TPSA) is 26.3 Å². The molecule has 0 heterocycles. The second kappa shape index (κ2) is 6.55. The summed E-state index contributed by atoms with van der Waals surface area (Å²) >= 11 is 0.277. The molecule has 0 amide bonds. The maximum atomic E-state index is 11.5. The first-order valence-corrected chi connectivity index (χ1v) is 7.92. The molecule has 0 aliphatic heterocycles. The van der Waals surface area contributed by atoms with Gasteiger partial charge in [-0.3, -0.25) is 0 Å². The first-order valence-electron chi connectivity index (χ1n) is 6.21. The molecule has 0 saturated carbocycles. The van der Waals surface area contributed by atoms with Crippen molar-refractivity contribution in [2.75, 3.05) is 6.61 Å². The van der Waals surface area contributed by atoms with E-state index in [2.05, 4.69) is 31.2 Å². The van der Waals surface area contributed by atoms with Gasteiger partial charge in [0.1, 0.15) is 0 Å². The molecule has 0 aromatic heterocycles. The van der Waals surface area contributed by atoms with Crippen LogP contribution in [0.25, 0.3) is 0 Å². The molecule has 0 saturated heterocycles. The van der Waals surface area contributed by atoms with E-state index in [-0.39, 0.29) is 20.9 Å². The molecule has 2 nitrogen and oxygen atoms in total. The third-order valence-electron chi connectivity index (χ3n) is 2.59. The van der Waals surface area contributed by atoms with Crippen molar-refractivity contribution in [3.8, 4) is 0 Å². The van der Waals surface area contributed by atoms with Crippen LogP contribution in [0, 0.1) is 6.92 Å². The van der Waals surface area contributed by atoms with Crippen molar-refractivity contribution >= 4 is 29.8 Å². The van der Waals surface area contributed by atoms with Crippen molar-refractivity contribution in [3.05, 3.63) is 59.7 Å². The summed E-state index contributed by atoms with van der Waals surface area (Å²) in [5.41, 5.74) is 1.90. The van der Waals surface area contributed by atoms with Crippen LogP contribution in [0.15, 0.2) is 48.5 Å². The molecule has 0 spiro atoms. The van der Waals surface area contributed by atoms with Gasteiger partial charge in [-0.05, 0) is 0 Å². The predicted molar refractivity (Wildman–Crippen MR) is 78.6 cm³/mol. The Bertz CT molecular complexity index is 561. The number of ether oxygens (including phenoxy) is 1. The fraction of sp³-hybridized carbons (Fsp3) is 0.188. The summed E-state index contributed by atoms with van der Waals surface area (Å²) in [7, 11) is 0. The van der Waals surface area contributed by atoms with E-state index in [1.807, 2.05) is 31.2 Å². The van der Waals surface area contributed by atoms with Gasteiger partial charge in [0.05, 0.1) is 0 Å². The molecule has 0 aliphatic rings. The van der Waals surface area contributed by atoms with Crippen LogP contribution >= 0.6 is 0 Å². The Morgan fingerprint density at radius 1 is 1.11 bits per heavy atom. The molecule has 0 radical (unpaired) electrons. The van der Waals surface area contributed by atoms with Crippen molar-refractivity contribution in [1.29, 1.82) is 0 Å². The van der Waals surface area contributed by atoms with E-state index in [1.165, 1.54) is 14.5 Å². The van der Waals surface area contributed by atoms with E-state index in [0.717, 1.165) is 0 Å². The summed E-state index contributed by atoms with van der Waals surface area (Å²) in [6.45, 7) is 4.32. The predicted octanol–water partition coefficient (Wildman–Crippen LogP) is 1.83. The van der Waals surface area contributed by atoms with Gasteiger partial charge in [0.15, 0.2) is 0 Å². The fourth-order valence-electron chi connectivity index (χ4n) is 1.69. The van der Waals surface area contributed by atoms with Gasteiger partial charge in [-0.1, -0.05) is 0 Å². The van der Waals surface area contributed by atoms with E-state index in [1.54, 1.807) is 0 Å². The zero-order chi connectivity index (χ0) is 13.7. The molecule has 2 aromatic carbocycles. The van der Waals surface area contributed by atoms with E-state index in [4.69, 9.17) is 4.74 Å². The quantitative estimate of drug-likeness (QED) is 0.635. The van der Waals surface area contributed by atoms with Crippen LogP contribution in [-0.4, -0.2) is 27.5 Å². The second-order valence-corrected chi connectivity index (χ2v) is 6.57. The first kappa shape index (κ1) is 13.9. The summed E-state index contributed by atoms with van der Waals surface area (Å²) in [5.74, 6) is -0.253. The van der Waals surface area contributed by atoms with Crippen molar-refractivity contribution < 1.29 is 9.53 Å². The number of carbonyl (C=O) groups excluding carboxylic acids is 1. The van der Waals surface area contributed by atoms with Crippen molar-refractivity contribution in [3.63, 3.8) is 0 Å². The number of hydrogen-bond acceptors (Lipinski definition) is 2. The minimum absolute atomic E-state index is 0.253. The van der Waals surface area contributed by atoms with Gasteiger partial charge >= 0.3 is 119 Å². The zero-order valence-corrected chi connectivity index (χ0v) is 12.8. The summed E-state index contributed by atoms with van der Waals surface area (Å²) in [4.78, 5) is 11.5. The average molecular weight is 319 g/mol. The number of carbonyl (C=O) groups is 1. The Morgan fingerprint density at radius 2 is 1.84 bits per heavy atom. The summed E-state index contributed by atoms with van der Waals surface area (Å²) in [6.07, 6.45) is 0. The van der Waals surface area contributed by atoms with Crippen LogP contribution in [-0.2, 0) is 4.74 Å². The monoisotopic (exact) mass is 320 g/mol. The number of esters is 1. The Kier molecular flexibility index (Phi) is 4.78. The van der Waals surface area contributed by atoms with E-state index < -0.39 is 0 Å². The Labute approximate surface area is 120 Å². The van der Waals surface area contributed by atoms with Crippen LogP contribution in [0.1, 0.15) is 22.8 Å². The van der Waals surface area contributed by atoms with Gasteiger partial charge in [0.25, 0.3) is 0 Å². The zero-order valence-electron chi connectivity index (χ0n) is 11.1. The number of hydrogen-bond donors (Lipinski definition) is 0. The summed E-state index contributed by atoms with van der Waals surface area (Å²) in [6, 6.07) is 16.2. The van der Waals surface area contributed by atoms with Crippen LogP contribution in [0.5, 0.6) is 0 Å². The molecule has 0 fully saturated rings. The van der Waals surface area contributed by atoms with Gasteiger partial charge in [0.2, 0.25) is 0 Å². The standard InChI is InChI=1S/C16H16O2Se/c1-3-18-16(17)13-7-9-14(10-8-13)19-15-6-4-5-12(2)11-15/h4-11H,3H2,1-2H3. The van der Waals surface area contributed by atoms with Gasteiger partial charge in [0, 0.05) is 0 Å². The van der Waals surface area contributed by atoms with Gasteiger partial charge in [-0.15, -0.1) is 0 Å². The van der Waals surface area contributed by atoms with Crippen molar-refractivity contribution in [2.45, 2.75) is 13.8 Å². The van der Waals surface area contributed by atoms with Crippen molar-refractivity contribution in [2.24, 2.45) is 0 Å². The van der Waals surface area contributed by atoms with Crippen molar-refractivity contribution in [1.82, 2.24) is 0 Å². The van der Waals surface area contributed by atoms with E-state index >= 15 is 0 Å². The van der Waals surface area contributed by atoms with Gasteiger partial charge in [-0.25, -0.2) is 0 Å². The number of benzene rings is 2. The average Bonchev–Trinajstić information content (AvgIpc) is 2.40. The maximum absolute atomic E-state index is 11.5. The molecular weight excluding hydrogens is 303 g/mol. The fourth-order valence-corrected chi connectivity index (χ4v) is 3.65. The van der Waals surface area contributed by atoms with E-state index in [0.29, 0.717) is 12.2 Å². The van der Waals surface area contributed by atoms with Gasteiger partial charge in [-0.2, -0.15) is 0 Å².